The number of likely N-dealkylation sites (N-methyl/N-ethyl adjacent to an activating group) is 1. The first kappa shape index (κ1) is 16.4. The summed E-state index contributed by atoms with van der Waals surface area (Å²) < 4.78 is 2.01. The van der Waals surface area contributed by atoms with E-state index in [1.54, 1.807) is 0 Å². The average molecular weight is 324 g/mol. The lowest BCUT2D eigenvalue weighted by molar-refractivity contribution is 0.518. The van der Waals surface area contributed by atoms with Crippen LogP contribution in [0.5, 0.6) is 0 Å². The largest absolute Gasteiger partial charge is 0.316 e. The van der Waals surface area contributed by atoms with Gasteiger partial charge in [-0.25, -0.2) is 0 Å². The molecule has 0 bridgehead atoms. The molecule has 1 unspecified atom stereocenters. The van der Waals surface area contributed by atoms with Gasteiger partial charge in [0.1, 0.15) is 0 Å². The summed E-state index contributed by atoms with van der Waals surface area (Å²) in [6.07, 6.45) is 3.00. The maximum Gasteiger partial charge on any atom is 0.0640 e. The van der Waals surface area contributed by atoms with Crippen LogP contribution in [0.4, 0.5) is 0 Å². The first-order chi connectivity index (χ1) is 10.1. The third-order valence-electron chi connectivity index (χ3n) is 3.32. The minimum atomic E-state index is 0.404. The number of nitrogens with one attached hydrogen (secondary N) is 1. The summed E-state index contributed by atoms with van der Waals surface area (Å²) in [5.41, 5.74) is 1.14. The van der Waals surface area contributed by atoms with Crippen molar-refractivity contribution in [3.63, 3.8) is 0 Å². The lowest BCUT2D eigenvalue weighted by Gasteiger charge is -2.14. The van der Waals surface area contributed by atoms with Crippen LogP contribution in [0.25, 0.3) is 0 Å². The topological polar surface area (TPSA) is 29.9 Å². The molecule has 21 heavy (non-hydrogen) atoms. The predicted octanol–water partition coefficient (Wildman–Crippen LogP) is 4.04. The molecule has 0 amide bonds. The van der Waals surface area contributed by atoms with Crippen LogP contribution in [0.2, 0.25) is 5.02 Å². The molecule has 0 spiro atoms. The number of benzene rings is 1. The van der Waals surface area contributed by atoms with Gasteiger partial charge in [-0.3, -0.25) is 4.68 Å². The van der Waals surface area contributed by atoms with Gasteiger partial charge in [0.05, 0.1) is 5.69 Å². The minimum Gasteiger partial charge on any atom is -0.316 e. The standard InChI is InChI=1S/C16H22ClN3S/c1-12(2)20-9-8-14(19-20)10-15(18-3)11-21-16-6-4-13(17)5-7-16/h4-9,12,15,18H,10-11H2,1-3H3. The number of hydrogen-bond donors (Lipinski definition) is 1. The highest BCUT2D eigenvalue weighted by molar-refractivity contribution is 7.99. The van der Waals surface area contributed by atoms with E-state index in [2.05, 4.69) is 48.7 Å². The third kappa shape index (κ3) is 5.06. The van der Waals surface area contributed by atoms with Crippen LogP contribution in [-0.2, 0) is 6.42 Å². The van der Waals surface area contributed by atoms with Crippen molar-refractivity contribution in [2.45, 2.75) is 37.2 Å². The van der Waals surface area contributed by atoms with Gasteiger partial charge in [0.2, 0.25) is 0 Å². The van der Waals surface area contributed by atoms with Gasteiger partial charge in [0.15, 0.2) is 0 Å². The van der Waals surface area contributed by atoms with E-state index < -0.39 is 0 Å². The zero-order chi connectivity index (χ0) is 15.2. The molecule has 3 nitrogen and oxygen atoms in total. The zero-order valence-electron chi connectivity index (χ0n) is 12.7. The Morgan fingerprint density at radius 3 is 2.52 bits per heavy atom. The molecule has 0 radical (unpaired) electrons. The van der Waals surface area contributed by atoms with Gasteiger partial charge in [-0.15, -0.1) is 11.8 Å². The van der Waals surface area contributed by atoms with Gasteiger partial charge in [-0.05, 0) is 51.2 Å². The Morgan fingerprint density at radius 1 is 1.24 bits per heavy atom. The van der Waals surface area contributed by atoms with Gasteiger partial charge in [0.25, 0.3) is 0 Å². The van der Waals surface area contributed by atoms with Crippen LogP contribution in [0.3, 0.4) is 0 Å². The lowest BCUT2D eigenvalue weighted by atomic mass is 10.2. The number of halogens is 1. The van der Waals surface area contributed by atoms with Crippen molar-refractivity contribution in [1.29, 1.82) is 0 Å². The van der Waals surface area contributed by atoms with Gasteiger partial charge in [0, 0.05) is 40.4 Å². The number of nitrogens with zero attached hydrogens (tertiary/aromatic N) is 2. The summed E-state index contributed by atoms with van der Waals surface area (Å²) in [6.45, 7) is 4.28. The highest BCUT2D eigenvalue weighted by Gasteiger charge is 2.11. The van der Waals surface area contributed by atoms with Crippen LogP contribution >= 0.6 is 23.4 Å². The highest BCUT2D eigenvalue weighted by Crippen LogP contribution is 2.21. The third-order valence-corrected chi connectivity index (χ3v) is 4.75. The Hall–Kier alpha value is -0.970. The van der Waals surface area contributed by atoms with E-state index >= 15 is 0 Å². The monoisotopic (exact) mass is 323 g/mol. The van der Waals surface area contributed by atoms with E-state index in [4.69, 9.17) is 11.6 Å². The van der Waals surface area contributed by atoms with E-state index in [0.717, 1.165) is 22.9 Å². The molecule has 0 saturated carbocycles. The second-order valence-electron chi connectivity index (χ2n) is 5.34. The zero-order valence-corrected chi connectivity index (χ0v) is 14.3. The van der Waals surface area contributed by atoms with Gasteiger partial charge >= 0.3 is 0 Å². The van der Waals surface area contributed by atoms with Crippen molar-refractivity contribution in [2.75, 3.05) is 12.8 Å². The SMILES string of the molecule is CNC(CSc1ccc(Cl)cc1)Cc1ccn(C(C)C)n1. The van der Waals surface area contributed by atoms with Gasteiger partial charge in [-0.1, -0.05) is 11.6 Å². The van der Waals surface area contributed by atoms with Crippen molar-refractivity contribution < 1.29 is 0 Å². The molecule has 2 aromatic rings. The minimum absolute atomic E-state index is 0.404. The van der Waals surface area contributed by atoms with Gasteiger partial charge < -0.3 is 5.32 Å². The molecule has 0 aliphatic rings. The first-order valence-electron chi connectivity index (χ1n) is 7.18. The Bertz CT molecular complexity index is 551. The predicted molar refractivity (Wildman–Crippen MR) is 91.3 cm³/mol. The van der Waals surface area contributed by atoms with Crippen LogP contribution in [0.1, 0.15) is 25.6 Å². The van der Waals surface area contributed by atoms with E-state index in [0.29, 0.717) is 12.1 Å². The molecule has 1 heterocycles. The summed E-state index contributed by atoms with van der Waals surface area (Å²) in [6, 6.07) is 10.9. The van der Waals surface area contributed by atoms with Crippen molar-refractivity contribution in [2.24, 2.45) is 0 Å². The smallest absolute Gasteiger partial charge is 0.0640 e. The molecule has 0 aliphatic carbocycles. The molecule has 1 N–H and O–H groups in total. The van der Waals surface area contributed by atoms with Crippen molar-refractivity contribution in [3.05, 3.63) is 47.2 Å². The molecule has 5 heteroatoms. The van der Waals surface area contributed by atoms with Crippen molar-refractivity contribution in [1.82, 2.24) is 15.1 Å². The van der Waals surface area contributed by atoms with E-state index in [1.165, 1.54) is 4.90 Å². The van der Waals surface area contributed by atoms with Crippen molar-refractivity contribution in [3.8, 4) is 0 Å². The number of aromatic nitrogens is 2. The summed E-state index contributed by atoms with van der Waals surface area (Å²) in [5, 5.41) is 8.77. The highest BCUT2D eigenvalue weighted by atomic mass is 35.5. The Morgan fingerprint density at radius 2 is 1.95 bits per heavy atom. The fourth-order valence-electron chi connectivity index (χ4n) is 2.00. The van der Waals surface area contributed by atoms with Crippen LogP contribution < -0.4 is 5.32 Å². The molecular formula is C16H22ClN3S. The van der Waals surface area contributed by atoms with Crippen LogP contribution in [0, 0.1) is 0 Å². The van der Waals surface area contributed by atoms with E-state index in [1.807, 2.05) is 35.6 Å². The second-order valence-corrected chi connectivity index (χ2v) is 6.87. The number of hydrogen-bond acceptors (Lipinski definition) is 3. The Balaban J connectivity index is 1.88. The lowest BCUT2D eigenvalue weighted by Crippen LogP contribution is -2.30. The molecule has 1 aromatic carbocycles. The molecule has 2 rings (SSSR count). The Labute approximate surface area is 136 Å². The number of rotatable bonds is 7. The number of thioether (sulfide) groups is 1. The average Bonchev–Trinajstić information content (AvgIpc) is 2.94. The van der Waals surface area contributed by atoms with E-state index in [9.17, 15) is 0 Å². The molecular weight excluding hydrogens is 302 g/mol. The normalized spacial score (nSPS) is 12.8. The second kappa shape index (κ2) is 7.87. The summed E-state index contributed by atoms with van der Waals surface area (Å²) in [7, 11) is 2.01. The maximum atomic E-state index is 5.90. The Kier molecular flexibility index (Phi) is 6.15. The van der Waals surface area contributed by atoms with Gasteiger partial charge in [-0.2, -0.15) is 5.10 Å². The molecule has 0 aliphatic heterocycles. The molecule has 114 valence electrons. The molecule has 0 saturated heterocycles. The van der Waals surface area contributed by atoms with Crippen LogP contribution in [-0.4, -0.2) is 28.6 Å². The summed E-state index contributed by atoms with van der Waals surface area (Å²) in [5.74, 6) is 1.01. The quantitative estimate of drug-likeness (QED) is 0.780. The fourth-order valence-corrected chi connectivity index (χ4v) is 3.13. The van der Waals surface area contributed by atoms with E-state index in [-0.39, 0.29) is 0 Å². The fraction of sp³-hybridized carbons (Fsp3) is 0.438. The molecule has 1 atom stereocenters. The molecule has 1 aromatic heterocycles. The molecule has 0 fully saturated rings. The maximum absolute atomic E-state index is 5.90. The summed E-state index contributed by atoms with van der Waals surface area (Å²) >= 11 is 7.74. The van der Waals surface area contributed by atoms with Crippen LogP contribution in [0.15, 0.2) is 41.4 Å². The van der Waals surface area contributed by atoms with Crippen molar-refractivity contribution >= 4 is 23.4 Å². The first-order valence-corrected chi connectivity index (χ1v) is 8.54. The summed E-state index contributed by atoms with van der Waals surface area (Å²) in [4.78, 5) is 1.24.